The Labute approximate surface area is 107 Å². The minimum atomic E-state index is -0.202. The topological polar surface area (TPSA) is 50.8 Å². The average Bonchev–Trinajstić information content (AvgIpc) is 2.81. The molecule has 1 saturated heterocycles. The molecule has 5 heteroatoms. The van der Waals surface area contributed by atoms with Gasteiger partial charge >= 0.3 is 6.09 Å². The van der Waals surface area contributed by atoms with Crippen molar-refractivity contribution in [2.45, 2.75) is 6.42 Å². The Morgan fingerprint density at radius 3 is 3.00 bits per heavy atom. The molecule has 1 aromatic carbocycles. The summed E-state index contributed by atoms with van der Waals surface area (Å²) in [6, 6.07) is 7.79. The summed E-state index contributed by atoms with van der Waals surface area (Å²) in [5.74, 6) is 0.832. The minimum Gasteiger partial charge on any atom is -0.495 e. The van der Waals surface area contributed by atoms with Crippen molar-refractivity contribution in [2.75, 3.05) is 38.7 Å². The number of hydrogen-bond donors (Lipinski definition) is 1. The molecule has 0 unspecified atom stereocenters. The van der Waals surface area contributed by atoms with Gasteiger partial charge in [0.25, 0.3) is 0 Å². The summed E-state index contributed by atoms with van der Waals surface area (Å²) in [5, 5.41) is 3.30. The maximum absolute atomic E-state index is 11.2. The minimum absolute atomic E-state index is 0.202. The monoisotopic (exact) mass is 250 g/mol. The van der Waals surface area contributed by atoms with Gasteiger partial charge < -0.3 is 19.7 Å². The Hall–Kier alpha value is -1.91. The predicted octanol–water partition coefficient (Wildman–Crippen LogP) is 1.95. The van der Waals surface area contributed by atoms with Crippen molar-refractivity contribution in [3.63, 3.8) is 0 Å². The first-order chi connectivity index (χ1) is 8.81. The van der Waals surface area contributed by atoms with Crippen molar-refractivity contribution in [1.82, 2.24) is 4.90 Å². The van der Waals surface area contributed by atoms with Gasteiger partial charge in [-0.2, -0.15) is 0 Å². The standard InChI is InChI=1S/C13H18N2O3/c1-17-12-6-3-2-5-11(12)14-7-4-8-15-9-10-18-13(15)16/h2-3,5-6,14H,4,7-10H2,1H3. The van der Waals surface area contributed by atoms with Crippen LogP contribution in [0.4, 0.5) is 10.5 Å². The van der Waals surface area contributed by atoms with E-state index in [-0.39, 0.29) is 6.09 Å². The van der Waals surface area contributed by atoms with E-state index in [1.54, 1.807) is 12.0 Å². The fraction of sp³-hybridized carbons (Fsp3) is 0.462. The normalized spacial score (nSPS) is 14.5. The average molecular weight is 250 g/mol. The van der Waals surface area contributed by atoms with Gasteiger partial charge in [-0.15, -0.1) is 0 Å². The molecule has 18 heavy (non-hydrogen) atoms. The number of anilines is 1. The van der Waals surface area contributed by atoms with Crippen LogP contribution >= 0.6 is 0 Å². The molecule has 2 rings (SSSR count). The molecular formula is C13H18N2O3. The fourth-order valence-corrected chi connectivity index (χ4v) is 1.91. The van der Waals surface area contributed by atoms with Crippen molar-refractivity contribution in [3.8, 4) is 5.75 Å². The second kappa shape index (κ2) is 6.14. The van der Waals surface area contributed by atoms with Gasteiger partial charge in [-0.05, 0) is 18.6 Å². The number of carbonyl (C=O) groups excluding carboxylic acids is 1. The number of hydrogen-bond acceptors (Lipinski definition) is 4. The van der Waals surface area contributed by atoms with Crippen molar-refractivity contribution < 1.29 is 14.3 Å². The zero-order chi connectivity index (χ0) is 12.8. The smallest absolute Gasteiger partial charge is 0.409 e. The van der Waals surface area contributed by atoms with E-state index in [1.807, 2.05) is 24.3 Å². The molecule has 0 saturated carbocycles. The molecule has 0 atom stereocenters. The van der Waals surface area contributed by atoms with Crippen molar-refractivity contribution >= 4 is 11.8 Å². The first kappa shape index (κ1) is 12.5. The van der Waals surface area contributed by atoms with Crippen LogP contribution in [-0.2, 0) is 4.74 Å². The van der Waals surface area contributed by atoms with Crippen LogP contribution in [0.3, 0.4) is 0 Å². The summed E-state index contributed by atoms with van der Waals surface area (Å²) >= 11 is 0. The van der Waals surface area contributed by atoms with Crippen molar-refractivity contribution in [2.24, 2.45) is 0 Å². The van der Waals surface area contributed by atoms with Crippen LogP contribution in [-0.4, -0.2) is 44.3 Å². The van der Waals surface area contributed by atoms with Crippen LogP contribution in [0.15, 0.2) is 24.3 Å². The zero-order valence-electron chi connectivity index (χ0n) is 10.5. The Morgan fingerprint density at radius 2 is 2.28 bits per heavy atom. The first-order valence-corrected chi connectivity index (χ1v) is 6.10. The number of rotatable bonds is 6. The largest absolute Gasteiger partial charge is 0.495 e. The summed E-state index contributed by atoms with van der Waals surface area (Å²) in [6.45, 7) is 2.73. The van der Waals surface area contributed by atoms with Crippen LogP contribution in [0.1, 0.15) is 6.42 Å². The van der Waals surface area contributed by atoms with Gasteiger partial charge in [0.1, 0.15) is 12.4 Å². The fourth-order valence-electron chi connectivity index (χ4n) is 1.91. The molecule has 0 aromatic heterocycles. The van der Waals surface area contributed by atoms with Gasteiger partial charge in [-0.1, -0.05) is 12.1 Å². The lowest BCUT2D eigenvalue weighted by Gasteiger charge is -2.14. The van der Waals surface area contributed by atoms with Crippen LogP contribution in [0.2, 0.25) is 0 Å². The highest BCUT2D eigenvalue weighted by Crippen LogP contribution is 2.22. The highest BCUT2D eigenvalue weighted by molar-refractivity contribution is 5.69. The number of nitrogens with zero attached hydrogens (tertiary/aromatic N) is 1. The maximum Gasteiger partial charge on any atom is 0.409 e. The highest BCUT2D eigenvalue weighted by Gasteiger charge is 2.20. The second-order valence-electron chi connectivity index (χ2n) is 4.08. The Bertz CT molecular complexity index is 409. The van der Waals surface area contributed by atoms with E-state index in [1.165, 1.54) is 0 Å². The van der Waals surface area contributed by atoms with E-state index >= 15 is 0 Å². The quantitative estimate of drug-likeness (QED) is 0.784. The van der Waals surface area contributed by atoms with Gasteiger partial charge in [0, 0.05) is 13.1 Å². The molecule has 1 heterocycles. The lowest BCUT2D eigenvalue weighted by molar-refractivity contribution is 0.158. The van der Waals surface area contributed by atoms with Gasteiger partial charge in [0.05, 0.1) is 19.3 Å². The number of carbonyl (C=O) groups is 1. The van der Waals surface area contributed by atoms with Crippen LogP contribution in [0.25, 0.3) is 0 Å². The lowest BCUT2D eigenvalue weighted by Crippen LogP contribution is -2.26. The Kier molecular flexibility index (Phi) is 4.28. The molecule has 5 nitrogen and oxygen atoms in total. The summed E-state index contributed by atoms with van der Waals surface area (Å²) < 4.78 is 10.1. The number of para-hydroxylation sites is 2. The molecule has 0 radical (unpaired) electrons. The third-order valence-corrected chi connectivity index (χ3v) is 2.87. The van der Waals surface area contributed by atoms with E-state index in [2.05, 4.69) is 5.32 Å². The van der Waals surface area contributed by atoms with Gasteiger partial charge in [0.2, 0.25) is 0 Å². The molecule has 1 amide bonds. The molecule has 98 valence electrons. The van der Waals surface area contributed by atoms with Gasteiger partial charge in [-0.3, -0.25) is 0 Å². The zero-order valence-corrected chi connectivity index (χ0v) is 10.5. The van der Waals surface area contributed by atoms with Gasteiger partial charge in [-0.25, -0.2) is 4.79 Å². The first-order valence-electron chi connectivity index (χ1n) is 6.10. The van der Waals surface area contributed by atoms with Crippen LogP contribution in [0.5, 0.6) is 5.75 Å². The lowest BCUT2D eigenvalue weighted by atomic mass is 10.3. The van der Waals surface area contributed by atoms with Crippen LogP contribution in [0, 0.1) is 0 Å². The molecule has 1 fully saturated rings. The van der Waals surface area contributed by atoms with E-state index in [4.69, 9.17) is 9.47 Å². The van der Waals surface area contributed by atoms with Crippen molar-refractivity contribution in [1.29, 1.82) is 0 Å². The summed E-state index contributed by atoms with van der Waals surface area (Å²) in [6.07, 6.45) is 0.681. The number of nitrogens with one attached hydrogen (secondary N) is 1. The second-order valence-corrected chi connectivity index (χ2v) is 4.08. The van der Waals surface area contributed by atoms with E-state index in [0.29, 0.717) is 13.2 Å². The van der Waals surface area contributed by atoms with Gasteiger partial charge in [0.15, 0.2) is 0 Å². The molecule has 1 N–H and O–H groups in total. The Morgan fingerprint density at radius 1 is 1.44 bits per heavy atom. The molecule has 1 aromatic rings. The number of cyclic esters (lactones) is 1. The summed E-state index contributed by atoms with van der Waals surface area (Å²) in [5.41, 5.74) is 0.976. The molecule has 1 aliphatic heterocycles. The third kappa shape index (κ3) is 3.06. The van der Waals surface area contributed by atoms with E-state index in [9.17, 15) is 4.79 Å². The third-order valence-electron chi connectivity index (χ3n) is 2.87. The predicted molar refractivity (Wildman–Crippen MR) is 69.0 cm³/mol. The number of benzene rings is 1. The summed E-state index contributed by atoms with van der Waals surface area (Å²) in [7, 11) is 1.65. The van der Waals surface area contributed by atoms with E-state index in [0.717, 1.165) is 30.9 Å². The molecule has 0 spiro atoms. The molecule has 1 aliphatic rings. The molecular weight excluding hydrogens is 232 g/mol. The number of ether oxygens (including phenoxy) is 2. The SMILES string of the molecule is COc1ccccc1NCCCN1CCOC1=O. The Balaban J connectivity index is 1.73. The van der Waals surface area contributed by atoms with Crippen LogP contribution < -0.4 is 10.1 Å². The number of methoxy groups -OCH3 is 1. The summed E-state index contributed by atoms with van der Waals surface area (Å²) in [4.78, 5) is 12.9. The molecule has 0 aliphatic carbocycles. The molecule has 0 bridgehead atoms. The van der Waals surface area contributed by atoms with Crippen molar-refractivity contribution in [3.05, 3.63) is 24.3 Å². The van der Waals surface area contributed by atoms with E-state index < -0.39 is 0 Å². The number of amides is 1. The highest BCUT2D eigenvalue weighted by atomic mass is 16.6. The maximum atomic E-state index is 11.2.